The molecular weight excluding hydrogens is 344 g/mol. The van der Waals surface area contributed by atoms with Crippen molar-refractivity contribution in [2.75, 3.05) is 5.32 Å². The van der Waals surface area contributed by atoms with E-state index in [1.807, 2.05) is 29.7 Å². The highest BCUT2D eigenvalue weighted by atomic mass is 79.9. The monoisotopic (exact) mass is 360 g/mol. The predicted molar refractivity (Wildman–Crippen MR) is 95.3 cm³/mol. The first kappa shape index (κ1) is 14.5. The second-order valence-electron chi connectivity index (χ2n) is 5.23. The number of nitrogens with one attached hydrogen (secondary N) is 1. The zero-order chi connectivity index (χ0) is 15.0. The van der Waals surface area contributed by atoms with Gasteiger partial charge in [0.15, 0.2) is 0 Å². The normalized spacial score (nSPS) is 12.6. The Morgan fingerprint density at radius 2 is 2.00 bits per heavy atom. The molecule has 2 nitrogen and oxygen atoms in total. The molecule has 0 saturated heterocycles. The van der Waals surface area contributed by atoms with Crippen molar-refractivity contribution < 1.29 is 0 Å². The van der Waals surface area contributed by atoms with Crippen LogP contribution < -0.4 is 5.32 Å². The first-order valence-corrected chi connectivity index (χ1v) is 8.54. The molecule has 108 valence electrons. The number of nitrogens with zero attached hydrogens (tertiary/aromatic N) is 1. The minimum absolute atomic E-state index is 0.243. The van der Waals surface area contributed by atoms with Crippen LogP contribution in [-0.4, -0.2) is 4.98 Å². The van der Waals surface area contributed by atoms with Crippen molar-refractivity contribution in [2.24, 2.45) is 0 Å². The fourth-order valence-electron chi connectivity index (χ4n) is 2.65. The molecule has 0 spiro atoms. The molecule has 3 rings (SSSR count). The van der Waals surface area contributed by atoms with E-state index in [0.717, 1.165) is 15.7 Å². The van der Waals surface area contributed by atoms with E-state index in [9.17, 15) is 0 Å². The fraction of sp³-hybridized carbons (Fsp3) is 0.235. The predicted octanol–water partition coefficient (Wildman–Crippen LogP) is 5.85. The molecule has 0 saturated carbocycles. The molecule has 1 aromatic carbocycles. The lowest BCUT2D eigenvalue weighted by Gasteiger charge is -2.16. The van der Waals surface area contributed by atoms with Crippen LogP contribution in [0.15, 0.2) is 41.0 Å². The standard InChI is InChI=1S/C17H17BrN2S/c1-10-9-15(12(3)21-10)11(2)20-17-14-5-4-6-16(18)13(14)7-8-19-17/h4-9,11H,1-3H3,(H,19,20). The zero-order valence-corrected chi connectivity index (χ0v) is 14.7. The summed E-state index contributed by atoms with van der Waals surface area (Å²) in [6, 6.07) is 10.8. The van der Waals surface area contributed by atoms with Crippen LogP contribution in [0.3, 0.4) is 0 Å². The summed E-state index contributed by atoms with van der Waals surface area (Å²) in [5.41, 5.74) is 1.35. The number of rotatable bonds is 3. The Balaban J connectivity index is 1.98. The average Bonchev–Trinajstić information content (AvgIpc) is 2.79. The van der Waals surface area contributed by atoms with Gasteiger partial charge in [-0.1, -0.05) is 28.1 Å². The molecule has 0 bridgehead atoms. The zero-order valence-electron chi connectivity index (χ0n) is 12.3. The summed E-state index contributed by atoms with van der Waals surface area (Å²) < 4.78 is 1.10. The maximum Gasteiger partial charge on any atom is 0.134 e. The molecule has 0 aliphatic carbocycles. The number of halogens is 1. The molecule has 3 aromatic rings. The smallest absolute Gasteiger partial charge is 0.134 e. The van der Waals surface area contributed by atoms with Gasteiger partial charge in [0.2, 0.25) is 0 Å². The second kappa shape index (κ2) is 5.78. The molecule has 0 aliphatic rings. The quantitative estimate of drug-likeness (QED) is 0.633. The number of anilines is 1. The van der Waals surface area contributed by atoms with Crippen LogP contribution in [0.2, 0.25) is 0 Å². The van der Waals surface area contributed by atoms with Crippen LogP contribution >= 0.6 is 27.3 Å². The number of aryl methyl sites for hydroxylation is 2. The first-order valence-electron chi connectivity index (χ1n) is 6.93. The van der Waals surface area contributed by atoms with Gasteiger partial charge in [-0.3, -0.25) is 0 Å². The van der Waals surface area contributed by atoms with Gasteiger partial charge in [0.05, 0.1) is 6.04 Å². The van der Waals surface area contributed by atoms with E-state index < -0.39 is 0 Å². The molecule has 0 radical (unpaired) electrons. The van der Waals surface area contributed by atoms with E-state index in [2.05, 4.69) is 65.2 Å². The van der Waals surface area contributed by atoms with Crippen molar-refractivity contribution in [3.63, 3.8) is 0 Å². The molecule has 0 amide bonds. The van der Waals surface area contributed by atoms with Gasteiger partial charge in [0.25, 0.3) is 0 Å². The number of thiophene rings is 1. The Kier molecular flexibility index (Phi) is 4.00. The Hall–Kier alpha value is -1.39. The topological polar surface area (TPSA) is 24.9 Å². The van der Waals surface area contributed by atoms with Gasteiger partial charge < -0.3 is 5.32 Å². The third-order valence-corrected chi connectivity index (χ3v) is 5.33. The highest BCUT2D eigenvalue weighted by molar-refractivity contribution is 9.10. The van der Waals surface area contributed by atoms with E-state index in [-0.39, 0.29) is 6.04 Å². The van der Waals surface area contributed by atoms with Crippen LogP contribution in [0.4, 0.5) is 5.82 Å². The van der Waals surface area contributed by atoms with E-state index in [4.69, 9.17) is 0 Å². The van der Waals surface area contributed by atoms with Crippen molar-refractivity contribution >= 4 is 43.9 Å². The largest absolute Gasteiger partial charge is 0.363 e. The van der Waals surface area contributed by atoms with Crippen molar-refractivity contribution in [2.45, 2.75) is 26.8 Å². The summed E-state index contributed by atoms with van der Waals surface area (Å²) in [7, 11) is 0. The van der Waals surface area contributed by atoms with Crippen molar-refractivity contribution in [1.29, 1.82) is 0 Å². The maximum atomic E-state index is 4.52. The highest BCUT2D eigenvalue weighted by Crippen LogP contribution is 2.32. The minimum atomic E-state index is 0.243. The number of benzene rings is 1. The van der Waals surface area contributed by atoms with E-state index in [1.165, 1.54) is 20.7 Å². The molecule has 21 heavy (non-hydrogen) atoms. The third kappa shape index (κ3) is 2.83. The fourth-order valence-corrected chi connectivity index (χ4v) is 4.17. The Morgan fingerprint density at radius 3 is 2.71 bits per heavy atom. The molecule has 4 heteroatoms. The van der Waals surface area contributed by atoms with E-state index >= 15 is 0 Å². The summed E-state index contributed by atoms with van der Waals surface area (Å²) in [6.45, 7) is 6.52. The Bertz CT molecular complexity index is 795. The van der Waals surface area contributed by atoms with Crippen molar-refractivity contribution in [3.05, 3.63) is 56.3 Å². The van der Waals surface area contributed by atoms with Crippen LogP contribution in [0.5, 0.6) is 0 Å². The maximum absolute atomic E-state index is 4.52. The molecule has 0 aliphatic heterocycles. The molecule has 1 unspecified atom stereocenters. The van der Waals surface area contributed by atoms with Gasteiger partial charge in [-0.25, -0.2) is 4.98 Å². The van der Waals surface area contributed by atoms with Crippen LogP contribution in [0, 0.1) is 13.8 Å². The lowest BCUT2D eigenvalue weighted by molar-refractivity contribution is 0.874. The van der Waals surface area contributed by atoms with Crippen molar-refractivity contribution in [3.8, 4) is 0 Å². The van der Waals surface area contributed by atoms with Crippen LogP contribution in [-0.2, 0) is 0 Å². The summed E-state index contributed by atoms with van der Waals surface area (Å²) in [5.74, 6) is 0.935. The van der Waals surface area contributed by atoms with E-state index in [1.54, 1.807) is 0 Å². The van der Waals surface area contributed by atoms with Crippen LogP contribution in [0.25, 0.3) is 10.8 Å². The summed E-state index contributed by atoms with van der Waals surface area (Å²) in [4.78, 5) is 7.24. The van der Waals surface area contributed by atoms with Gasteiger partial charge in [-0.2, -0.15) is 0 Å². The highest BCUT2D eigenvalue weighted by Gasteiger charge is 2.13. The van der Waals surface area contributed by atoms with E-state index in [0.29, 0.717) is 0 Å². The number of hydrogen-bond acceptors (Lipinski definition) is 3. The number of aromatic nitrogens is 1. The average molecular weight is 361 g/mol. The molecule has 1 atom stereocenters. The molecule has 1 N–H and O–H groups in total. The van der Waals surface area contributed by atoms with Crippen molar-refractivity contribution in [1.82, 2.24) is 4.98 Å². The Morgan fingerprint density at radius 1 is 1.19 bits per heavy atom. The minimum Gasteiger partial charge on any atom is -0.363 e. The third-order valence-electron chi connectivity index (χ3n) is 3.65. The molecule has 2 aromatic heterocycles. The van der Waals surface area contributed by atoms with Gasteiger partial charge in [-0.05, 0) is 44.5 Å². The molecule has 2 heterocycles. The second-order valence-corrected chi connectivity index (χ2v) is 7.54. The van der Waals surface area contributed by atoms with Crippen LogP contribution in [0.1, 0.15) is 28.3 Å². The first-order chi connectivity index (χ1) is 10.1. The lowest BCUT2D eigenvalue weighted by Crippen LogP contribution is -2.08. The summed E-state index contributed by atoms with van der Waals surface area (Å²) in [6.07, 6.45) is 1.86. The number of hydrogen-bond donors (Lipinski definition) is 1. The van der Waals surface area contributed by atoms with Gasteiger partial charge in [-0.15, -0.1) is 11.3 Å². The molecule has 0 fully saturated rings. The van der Waals surface area contributed by atoms with Gasteiger partial charge in [0, 0.05) is 31.2 Å². The SMILES string of the molecule is Cc1cc(C(C)Nc2nccc3c(Br)cccc23)c(C)s1. The Labute approximate surface area is 137 Å². The van der Waals surface area contributed by atoms with Gasteiger partial charge in [0.1, 0.15) is 5.82 Å². The summed E-state index contributed by atoms with van der Waals surface area (Å²) >= 11 is 5.45. The van der Waals surface area contributed by atoms with Gasteiger partial charge >= 0.3 is 0 Å². The summed E-state index contributed by atoms with van der Waals surface area (Å²) in [5, 5.41) is 5.88. The molecular formula is C17H17BrN2S. The number of fused-ring (bicyclic) bond motifs is 1. The lowest BCUT2D eigenvalue weighted by atomic mass is 10.1. The number of pyridine rings is 1.